The topological polar surface area (TPSA) is 72.9 Å². The molecule has 152 valence electrons. The zero-order chi connectivity index (χ0) is 19.6. The van der Waals surface area contributed by atoms with Gasteiger partial charge in [-0.1, -0.05) is 12.1 Å². The van der Waals surface area contributed by atoms with E-state index in [9.17, 15) is 4.79 Å². The lowest BCUT2D eigenvalue weighted by atomic mass is 10.0. The van der Waals surface area contributed by atoms with Crippen LogP contribution in [-0.4, -0.2) is 43.4 Å². The van der Waals surface area contributed by atoms with E-state index in [0.717, 1.165) is 47.6 Å². The molecule has 0 spiro atoms. The van der Waals surface area contributed by atoms with E-state index in [-0.39, 0.29) is 12.0 Å². The van der Waals surface area contributed by atoms with Gasteiger partial charge in [0.1, 0.15) is 18.0 Å². The fourth-order valence-electron chi connectivity index (χ4n) is 4.13. The second-order valence-corrected chi connectivity index (χ2v) is 7.63. The number of nitrogens with one attached hydrogen (secondary N) is 1. The predicted octanol–water partition coefficient (Wildman–Crippen LogP) is 3.33. The van der Waals surface area contributed by atoms with Crippen LogP contribution in [0, 0.1) is 0 Å². The highest BCUT2D eigenvalue weighted by atomic mass is 16.6. The zero-order valence-corrected chi connectivity index (χ0v) is 16.3. The minimum atomic E-state index is -0.396. The van der Waals surface area contributed by atoms with Gasteiger partial charge in [-0.05, 0) is 43.0 Å². The highest BCUT2D eigenvalue weighted by Crippen LogP contribution is 2.38. The second-order valence-electron chi connectivity index (χ2n) is 7.63. The molecule has 1 amide bonds. The molecule has 1 aromatic heterocycles. The molecule has 4 heterocycles. The van der Waals surface area contributed by atoms with E-state index in [1.54, 1.807) is 6.20 Å². The molecule has 7 heteroatoms. The Morgan fingerprint density at radius 1 is 1.14 bits per heavy atom. The molecule has 3 aliphatic rings. The van der Waals surface area contributed by atoms with Crippen molar-refractivity contribution in [3.8, 4) is 0 Å². The molecule has 1 N–H and O–H groups in total. The Morgan fingerprint density at radius 2 is 2.10 bits per heavy atom. The maximum atomic E-state index is 13.5. The van der Waals surface area contributed by atoms with Crippen LogP contribution >= 0.6 is 0 Å². The number of rotatable bonds is 2. The number of anilines is 3. The summed E-state index contributed by atoms with van der Waals surface area (Å²) < 4.78 is 17.3. The van der Waals surface area contributed by atoms with E-state index >= 15 is 0 Å². The summed E-state index contributed by atoms with van der Waals surface area (Å²) in [4.78, 5) is 19.8. The number of nitrogens with zero attached hydrogens (tertiary/aromatic N) is 2. The molecule has 7 nitrogen and oxygen atoms in total. The molecule has 0 bridgehead atoms. The number of ether oxygens (including phenoxy) is 3. The van der Waals surface area contributed by atoms with Crippen LogP contribution in [0.3, 0.4) is 0 Å². The summed E-state index contributed by atoms with van der Waals surface area (Å²) in [5, 5.41) is 3.40. The van der Waals surface area contributed by atoms with Crippen molar-refractivity contribution in [2.45, 2.75) is 38.0 Å². The fraction of sp³-hybridized carbons (Fsp3) is 0.455. The van der Waals surface area contributed by atoms with Crippen LogP contribution in [0.4, 0.5) is 17.2 Å². The van der Waals surface area contributed by atoms with Gasteiger partial charge >= 0.3 is 0 Å². The molecule has 5 rings (SSSR count). The Balaban J connectivity index is 1.54. The summed E-state index contributed by atoms with van der Waals surface area (Å²) in [7, 11) is 0. The third-order valence-corrected chi connectivity index (χ3v) is 5.69. The van der Waals surface area contributed by atoms with Gasteiger partial charge in [-0.2, -0.15) is 0 Å². The Kier molecular flexibility index (Phi) is 5.18. The highest BCUT2D eigenvalue weighted by Gasteiger charge is 2.32. The van der Waals surface area contributed by atoms with Gasteiger partial charge in [-0.3, -0.25) is 4.79 Å². The van der Waals surface area contributed by atoms with E-state index in [1.807, 2.05) is 35.2 Å². The SMILES string of the molecule is O=C([C@H]1CCCCO1)N1Cc2cccnc2Nc2ccc(C3COCCO3)cc21. The minimum Gasteiger partial charge on any atom is -0.376 e. The van der Waals surface area contributed by atoms with Crippen LogP contribution in [0.2, 0.25) is 0 Å². The minimum absolute atomic E-state index is 0.00224. The molecular weight excluding hydrogens is 370 g/mol. The van der Waals surface area contributed by atoms with Crippen LogP contribution < -0.4 is 10.2 Å². The van der Waals surface area contributed by atoms with Gasteiger partial charge in [0.2, 0.25) is 0 Å². The van der Waals surface area contributed by atoms with Crippen LogP contribution in [0.1, 0.15) is 36.5 Å². The van der Waals surface area contributed by atoms with Gasteiger partial charge in [-0.25, -0.2) is 4.98 Å². The van der Waals surface area contributed by atoms with Crippen molar-refractivity contribution in [2.75, 3.05) is 36.6 Å². The van der Waals surface area contributed by atoms with Gasteiger partial charge < -0.3 is 24.4 Å². The van der Waals surface area contributed by atoms with Gasteiger partial charge in [-0.15, -0.1) is 0 Å². The maximum absolute atomic E-state index is 13.5. The first-order valence-electron chi connectivity index (χ1n) is 10.3. The molecule has 0 radical (unpaired) electrons. The maximum Gasteiger partial charge on any atom is 0.256 e. The predicted molar refractivity (Wildman–Crippen MR) is 108 cm³/mol. The van der Waals surface area contributed by atoms with Crippen molar-refractivity contribution in [3.05, 3.63) is 47.7 Å². The Bertz CT molecular complexity index is 891. The fourth-order valence-corrected chi connectivity index (χ4v) is 4.13. The van der Waals surface area contributed by atoms with E-state index in [0.29, 0.717) is 33.0 Å². The molecule has 0 saturated carbocycles. The van der Waals surface area contributed by atoms with Crippen molar-refractivity contribution < 1.29 is 19.0 Å². The number of pyridine rings is 1. The molecule has 2 atom stereocenters. The zero-order valence-electron chi connectivity index (χ0n) is 16.3. The molecule has 29 heavy (non-hydrogen) atoms. The van der Waals surface area contributed by atoms with Crippen LogP contribution in [-0.2, 0) is 25.5 Å². The lowest BCUT2D eigenvalue weighted by Gasteiger charge is -2.30. The Labute approximate surface area is 170 Å². The van der Waals surface area contributed by atoms with E-state index < -0.39 is 6.10 Å². The number of carbonyl (C=O) groups is 1. The van der Waals surface area contributed by atoms with Crippen molar-refractivity contribution in [1.82, 2.24) is 4.98 Å². The smallest absolute Gasteiger partial charge is 0.256 e. The van der Waals surface area contributed by atoms with E-state index in [1.165, 1.54) is 0 Å². The largest absolute Gasteiger partial charge is 0.376 e. The molecule has 2 aromatic rings. The summed E-state index contributed by atoms with van der Waals surface area (Å²) in [5.74, 6) is 0.779. The monoisotopic (exact) mass is 395 g/mol. The number of hydrogen-bond acceptors (Lipinski definition) is 6. The van der Waals surface area contributed by atoms with Crippen LogP contribution in [0.15, 0.2) is 36.5 Å². The number of hydrogen-bond donors (Lipinski definition) is 1. The van der Waals surface area contributed by atoms with Crippen molar-refractivity contribution in [3.63, 3.8) is 0 Å². The first-order chi connectivity index (χ1) is 14.3. The molecule has 2 fully saturated rings. The number of amides is 1. The van der Waals surface area contributed by atoms with Crippen LogP contribution in [0.5, 0.6) is 0 Å². The normalized spacial score (nSPS) is 24.1. The molecule has 1 aromatic carbocycles. The Morgan fingerprint density at radius 3 is 2.93 bits per heavy atom. The molecule has 2 saturated heterocycles. The second kappa shape index (κ2) is 8.10. The molecule has 0 aliphatic carbocycles. The van der Waals surface area contributed by atoms with Gasteiger partial charge in [0.05, 0.1) is 37.7 Å². The summed E-state index contributed by atoms with van der Waals surface area (Å²) in [6.07, 6.45) is 4.03. The highest BCUT2D eigenvalue weighted by molar-refractivity contribution is 6.00. The quantitative estimate of drug-likeness (QED) is 0.841. The third-order valence-electron chi connectivity index (χ3n) is 5.69. The van der Waals surface area contributed by atoms with E-state index in [2.05, 4.69) is 10.3 Å². The number of fused-ring (bicyclic) bond motifs is 2. The van der Waals surface area contributed by atoms with Crippen molar-refractivity contribution >= 4 is 23.1 Å². The van der Waals surface area contributed by atoms with Crippen molar-refractivity contribution in [1.29, 1.82) is 0 Å². The first-order valence-corrected chi connectivity index (χ1v) is 10.3. The average molecular weight is 395 g/mol. The summed E-state index contributed by atoms with van der Waals surface area (Å²) >= 11 is 0. The lowest BCUT2D eigenvalue weighted by Crippen LogP contribution is -2.41. The Hall–Kier alpha value is -2.48. The average Bonchev–Trinajstić information content (AvgIpc) is 2.96. The van der Waals surface area contributed by atoms with Gasteiger partial charge in [0, 0.05) is 18.4 Å². The summed E-state index contributed by atoms with van der Waals surface area (Å²) in [6, 6.07) is 9.96. The number of aromatic nitrogens is 1. The lowest BCUT2D eigenvalue weighted by molar-refractivity contribution is -0.132. The van der Waals surface area contributed by atoms with E-state index in [4.69, 9.17) is 14.2 Å². The third kappa shape index (κ3) is 3.73. The first kappa shape index (κ1) is 18.5. The standard InChI is InChI=1S/C22H25N3O4/c26-22(19-5-1-2-9-28-19)25-13-16-4-3-8-23-21(16)24-17-7-6-15(12-18(17)25)20-14-27-10-11-29-20/h3-4,6-8,12,19-20H,1-2,5,9-11,13-14H2,(H,23,24)/t19-,20?/m1/s1. The van der Waals surface area contributed by atoms with Crippen LogP contribution in [0.25, 0.3) is 0 Å². The van der Waals surface area contributed by atoms with Crippen molar-refractivity contribution in [2.24, 2.45) is 0 Å². The van der Waals surface area contributed by atoms with Gasteiger partial charge in [0.15, 0.2) is 0 Å². The summed E-state index contributed by atoms with van der Waals surface area (Å²) in [5.41, 5.74) is 3.67. The molecule has 3 aliphatic heterocycles. The number of carbonyl (C=O) groups excluding carboxylic acids is 1. The molecular formula is C22H25N3O4. The molecule has 1 unspecified atom stereocenters. The van der Waals surface area contributed by atoms with Gasteiger partial charge in [0.25, 0.3) is 5.91 Å². The summed E-state index contributed by atoms with van der Waals surface area (Å²) in [6.45, 7) is 2.81. The number of benzene rings is 1.